The van der Waals surface area contributed by atoms with Crippen LogP contribution in [0.1, 0.15) is 15.9 Å². The number of nitrogens with one attached hydrogen (secondary N) is 2. The van der Waals surface area contributed by atoms with Crippen molar-refractivity contribution in [3.05, 3.63) is 86.3 Å². The summed E-state index contributed by atoms with van der Waals surface area (Å²) < 4.78 is 0. The molecule has 0 aliphatic carbocycles. The highest BCUT2D eigenvalue weighted by molar-refractivity contribution is 6.40. The molecule has 12 heteroatoms. The lowest BCUT2D eigenvalue weighted by molar-refractivity contribution is -0.384. The fraction of sp³-hybridized carbons (Fsp3) is 0.100. The molecule has 0 aliphatic heterocycles. The predicted octanol–water partition coefficient (Wildman–Crippen LogP) is 4.05. The van der Waals surface area contributed by atoms with E-state index in [0.29, 0.717) is 11.3 Å². The van der Waals surface area contributed by atoms with Crippen molar-refractivity contribution in [1.82, 2.24) is 9.97 Å². The van der Waals surface area contributed by atoms with E-state index in [-0.39, 0.29) is 33.5 Å². The number of pyridine rings is 2. The maximum atomic E-state index is 12.4. The molecule has 0 radical (unpaired) electrons. The summed E-state index contributed by atoms with van der Waals surface area (Å²) in [4.78, 5) is 42.3. The van der Waals surface area contributed by atoms with Crippen LogP contribution < -0.4 is 10.6 Å². The fourth-order valence-electron chi connectivity index (χ4n) is 2.80. The highest BCUT2D eigenvalue weighted by Crippen LogP contribution is 2.25. The molecule has 0 bridgehead atoms. The number of anilines is 2. The number of aromatic nitrogens is 2. The third-order valence-corrected chi connectivity index (χ3v) is 4.90. The van der Waals surface area contributed by atoms with Gasteiger partial charge in [-0.2, -0.15) is 0 Å². The normalized spacial score (nSPS) is 11.4. The quantitative estimate of drug-likeness (QED) is 0.326. The van der Waals surface area contributed by atoms with Gasteiger partial charge in [-0.15, -0.1) is 0 Å². The molecule has 1 amide bonds. The maximum absolute atomic E-state index is 12.4. The molecule has 1 atom stereocenters. The van der Waals surface area contributed by atoms with Gasteiger partial charge in [0.05, 0.1) is 20.5 Å². The largest absolute Gasteiger partial charge is 0.480 e. The van der Waals surface area contributed by atoms with E-state index in [9.17, 15) is 24.8 Å². The average molecular weight is 476 g/mol. The Hall–Kier alpha value is -3.76. The van der Waals surface area contributed by atoms with E-state index in [1.165, 1.54) is 30.7 Å². The molecule has 3 N–H and O–H groups in total. The Morgan fingerprint density at radius 2 is 1.78 bits per heavy atom. The summed E-state index contributed by atoms with van der Waals surface area (Å²) in [5, 5.41) is 26.1. The number of nitrogens with zero attached hydrogens (tertiary/aromatic N) is 3. The molecule has 32 heavy (non-hydrogen) atoms. The zero-order chi connectivity index (χ0) is 23.3. The van der Waals surface area contributed by atoms with Crippen molar-refractivity contribution in [3.8, 4) is 0 Å². The number of hydrogen-bond acceptors (Lipinski definition) is 7. The van der Waals surface area contributed by atoms with Gasteiger partial charge in [0.25, 0.3) is 5.91 Å². The molecule has 2 heterocycles. The highest BCUT2D eigenvalue weighted by atomic mass is 35.5. The number of carbonyl (C=O) groups excluding carboxylic acids is 1. The smallest absolute Gasteiger partial charge is 0.326 e. The molecule has 164 valence electrons. The molecule has 10 nitrogen and oxygen atoms in total. The average Bonchev–Trinajstić information content (AvgIpc) is 2.74. The minimum absolute atomic E-state index is 0.0132. The third kappa shape index (κ3) is 5.48. The van der Waals surface area contributed by atoms with Crippen LogP contribution in [-0.2, 0) is 11.2 Å². The van der Waals surface area contributed by atoms with Gasteiger partial charge in [0, 0.05) is 36.8 Å². The van der Waals surface area contributed by atoms with Crippen molar-refractivity contribution < 1.29 is 19.6 Å². The number of carboxylic acids is 1. The van der Waals surface area contributed by atoms with Gasteiger partial charge in [-0.05, 0) is 23.8 Å². The summed E-state index contributed by atoms with van der Waals surface area (Å²) in [6.45, 7) is 0. The molecule has 0 fully saturated rings. The standard InChI is InChI=1S/C20H15Cl2N5O5/c21-13-9-23-10-14(22)17(13)19(28)25-12-5-3-11(4-6-12)8-15(20(29)30)26-18-16(27(31)32)2-1-7-24-18/h1-7,9-10,15H,8H2,(H,24,26)(H,25,28)(H,29,30)/t15-/m0/s1. The third-order valence-electron chi connectivity index (χ3n) is 4.32. The van der Waals surface area contributed by atoms with E-state index >= 15 is 0 Å². The first kappa shape index (κ1) is 22.9. The molecule has 0 aliphatic rings. The van der Waals surface area contributed by atoms with E-state index in [1.54, 1.807) is 24.3 Å². The molecule has 0 unspecified atom stereocenters. The molecule has 2 aromatic heterocycles. The van der Waals surface area contributed by atoms with Gasteiger partial charge in [-0.1, -0.05) is 35.3 Å². The van der Waals surface area contributed by atoms with Crippen LogP contribution in [0.4, 0.5) is 17.2 Å². The van der Waals surface area contributed by atoms with Gasteiger partial charge in [0.15, 0.2) is 0 Å². The monoisotopic (exact) mass is 475 g/mol. The van der Waals surface area contributed by atoms with Crippen LogP contribution >= 0.6 is 23.2 Å². The van der Waals surface area contributed by atoms with Crippen molar-refractivity contribution in [2.45, 2.75) is 12.5 Å². The minimum atomic E-state index is -1.20. The lowest BCUT2D eigenvalue weighted by Crippen LogP contribution is -2.32. The molecule has 0 saturated heterocycles. The van der Waals surface area contributed by atoms with Gasteiger partial charge in [-0.3, -0.25) is 19.9 Å². The molecular weight excluding hydrogens is 461 g/mol. The SMILES string of the molecule is O=C(Nc1ccc(C[C@H](Nc2ncccc2[N+](=O)[O-])C(=O)O)cc1)c1c(Cl)cncc1Cl. The van der Waals surface area contributed by atoms with Crippen molar-refractivity contribution in [2.24, 2.45) is 0 Å². The van der Waals surface area contributed by atoms with Crippen LogP contribution in [-0.4, -0.2) is 37.9 Å². The second kappa shape index (κ2) is 10.0. The Labute approximate surface area is 191 Å². The summed E-state index contributed by atoms with van der Waals surface area (Å²) in [6.07, 6.45) is 3.94. The number of halogens is 2. The topological polar surface area (TPSA) is 147 Å². The molecule has 0 saturated carbocycles. The van der Waals surface area contributed by atoms with E-state index in [2.05, 4.69) is 20.6 Å². The van der Waals surface area contributed by atoms with Gasteiger partial charge in [0.1, 0.15) is 6.04 Å². The molecule has 1 aromatic carbocycles. The van der Waals surface area contributed by atoms with E-state index in [4.69, 9.17) is 23.2 Å². The first-order valence-electron chi connectivity index (χ1n) is 9.04. The van der Waals surface area contributed by atoms with Crippen molar-refractivity contribution in [3.63, 3.8) is 0 Å². The second-order valence-corrected chi connectivity index (χ2v) is 7.31. The summed E-state index contributed by atoms with van der Waals surface area (Å²) in [5.74, 6) is -1.87. The van der Waals surface area contributed by atoms with Crippen LogP contribution in [0.3, 0.4) is 0 Å². The number of carbonyl (C=O) groups is 2. The molecular formula is C20H15Cl2N5O5. The first-order chi connectivity index (χ1) is 15.3. The summed E-state index contributed by atoms with van der Waals surface area (Å²) >= 11 is 12.0. The van der Waals surface area contributed by atoms with E-state index in [0.717, 1.165) is 0 Å². The lowest BCUT2D eigenvalue weighted by Gasteiger charge is -2.15. The molecule has 3 rings (SSSR count). The predicted molar refractivity (Wildman–Crippen MR) is 118 cm³/mol. The van der Waals surface area contributed by atoms with Crippen LogP contribution in [0, 0.1) is 10.1 Å². The molecule has 3 aromatic rings. The van der Waals surface area contributed by atoms with Gasteiger partial charge < -0.3 is 15.7 Å². The number of rotatable bonds is 8. The van der Waals surface area contributed by atoms with Gasteiger partial charge in [-0.25, -0.2) is 9.78 Å². The highest BCUT2D eigenvalue weighted by Gasteiger charge is 2.23. The summed E-state index contributed by atoms with van der Waals surface area (Å²) in [7, 11) is 0. The van der Waals surface area contributed by atoms with Crippen LogP contribution in [0.15, 0.2) is 55.0 Å². The zero-order valence-corrected chi connectivity index (χ0v) is 17.7. The van der Waals surface area contributed by atoms with Crippen molar-refractivity contribution in [2.75, 3.05) is 10.6 Å². The van der Waals surface area contributed by atoms with Crippen LogP contribution in [0.2, 0.25) is 10.0 Å². The first-order valence-corrected chi connectivity index (χ1v) is 9.80. The second-order valence-electron chi connectivity index (χ2n) is 6.50. The number of carboxylic acid groups (broad SMARTS) is 1. The Balaban J connectivity index is 1.72. The Morgan fingerprint density at radius 1 is 1.12 bits per heavy atom. The molecule has 0 spiro atoms. The van der Waals surface area contributed by atoms with E-state index < -0.39 is 22.8 Å². The zero-order valence-electron chi connectivity index (χ0n) is 16.2. The Morgan fingerprint density at radius 3 is 2.38 bits per heavy atom. The van der Waals surface area contributed by atoms with Crippen LogP contribution in [0.25, 0.3) is 0 Å². The number of benzene rings is 1. The Kier molecular flexibility index (Phi) is 7.18. The number of amides is 1. The van der Waals surface area contributed by atoms with E-state index in [1.807, 2.05) is 0 Å². The fourth-order valence-corrected chi connectivity index (χ4v) is 3.34. The maximum Gasteiger partial charge on any atom is 0.326 e. The van der Waals surface area contributed by atoms with Crippen molar-refractivity contribution >= 4 is 52.3 Å². The lowest BCUT2D eigenvalue weighted by atomic mass is 10.1. The van der Waals surface area contributed by atoms with Gasteiger partial charge >= 0.3 is 11.7 Å². The van der Waals surface area contributed by atoms with Crippen LogP contribution in [0.5, 0.6) is 0 Å². The van der Waals surface area contributed by atoms with Crippen molar-refractivity contribution in [1.29, 1.82) is 0 Å². The number of hydrogen-bond donors (Lipinski definition) is 3. The summed E-state index contributed by atoms with van der Waals surface area (Å²) in [6, 6.07) is 7.85. The number of nitro groups is 1. The summed E-state index contributed by atoms with van der Waals surface area (Å²) in [5.41, 5.74) is 0.800. The Bertz CT molecular complexity index is 1150. The number of aliphatic carboxylic acids is 1. The van der Waals surface area contributed by atoms with Gasteiger partial charge in [0.2, 0.25) is 5.82 Å². The minimum Gasteiger partial charge on any atom is -0.480 e.